The molecule has 144 valence electrons. The second kappa shape index (κ2) is 8.67. The van der Waals surface area contributed by atoms with Crippen LogP contribution in [0.2, 0.25) is 0 Å². The second-order valence-corrected chi connectivity index (χ2v) is 6.16. The van der Waals surface area contributed by atoms with Crippen molar-refractivity contribution in [3.8, 4) is 5.75 Å². The predicted molar refractivity (Wildman–Crippen MR) is 109 cm³/mol. The summed E-state index contributed by atoms with van der Waals surface area (Å²) in [7, 11) is 0. The molecule has 0 heterocycles. The fourth-order valence-electron chi connectivity index (χ4n) is 2.48. The van der Waals surface area contributed by atoms with Crippen LogP contribution in [0.15, 0.2) is 78.9 Å². The van der Waals surface area contributed by atoms with E-state index in [1.54, 1.807) is 54.6 Å². The van der Waals surface area contributed by atoms with Crippen LogP contribution in [0.5, 0.6) is 5.75 Å². The second-order valence-electron chi connectivity index (χ2n) is 6.16. The van der Waals surface area contributed by atoms with Gasteiger partial charge in [0.1, 0.15) is 5.75 Å². The number of carboxylic acids is 1. The molecule has 0 spiro atoms. The van der Waals surface area contributed by atoms with Crippen molar-refractivity contribution in [2.24, 2.45) is 0 Å². The average Bonchev–Trinajstić information content (AvgIpc) is 2.73. The Balaban J connectivity index is 1.62. The summed E-state index contributed by atoms with van der Waals surface area (Å²) in [5, 5.41) is 8.88. The maximum atomic E-state index is 12.2. The number of benzene rings is 3. The van der Waals surface area contributed by atoms with Crippen molar-refractivity contribution < 1.29 is 24.2 Å². The fourth-order valence-corrected chi connectivity index (χ4v) is 2.48. The van der Waals surface area contributed by atoms with Crippen molar-refractivity contribution in [3.05, 3.63) is 101 Å². The summed E-state index contributed by atoms with van der Waals surface area (Å²) in [6.45, 7) is 0. The lowest BCUT2D eigenvalue weighted by Gasteiger charge is -2.05. The molecule has 0 aliphatic heterocycles. The number of esters is 1. The third kappa shape index (κ3) is 5.17. The molecule has 0 saturated carbocycles. The Bertz CT molecular complexity index is 1070. The fraction of sp³-hybridized carbons (Fsp3) is 0. The first-order valence-electron chi connectivity index (χ1n) is 8.66. The first-order chi connectivity index (χ1) is 13.9. The minimum absolute atomic E-state index is 0.120. The molecule has 3 aromatic carbocycles. The lowest BCUT2D eigenvalue weighted by atomic mass is 10.1. The highest BCUT2D eigenvalue weighted by Crippen LogP contribution is 2.16. The topological polar surface area (TPSA) is 107 Å². The molecular weight excluding hydrogens is 370 g/mol. The molecule has 3 aromatic rings. The van der Waals surface area contributed by atoms with E-state index < -0.39 is 11.9 Å². The molecule has 0 fully saturated rings. The minimum atomic E-state index is -1.04. The van der Waals surface area contributed by atoms with Crippen molar-refractivity contribution in [2.45, 2.75) is 0 Å². The van der Waals surface area contributed by atoms with Gasteiger partial charge in [0, 0.05) is 11.3 Å². The van der Waals surface area contributed by atoms with Gasteiger partial charge in [-0.1, -0.05) is 30.3 Å². The highest BCUT2D eigenvalue weighted by molar-refractivity contribution is 6.07. The molecule has 0 unspecified atom stereocenters. The number of hydrogen-bond acceptors (Lipinski definition) is 5. The van der Waals surface area contributed by atoms with Crippen LogP contribution >= 0.6 is 0 Å². The van der Waals surface area contributed by atoms with E-state index in [1.165, 1.54) is 30.3 Å². The molecule has 6 heteroatoms. The number of nitrogens with two attached hydrogens (primary N) is 1. The number of rotatable bonds is 6. The van der Waals surface area contributed by atoms with Crippen molar-refractivity contribution >= 4 is 29.5 Å². The van der Waals surface area contributed by atoms with E-state index in [1.807, 2.05) is 0 Å². The number of ketones is 1. The first-order valence-corrected chi connectivity index (χ1v) is 8.66. The highest BCUT2D eigenvalue weighted by atomic mass is 16.5. The zero-order valence-electron chi connectivity index (χ0n) is 15.2. The Morgan fingerprint density at radius 1 is 0.759 bits per heavy atom. The SMILES string of the molecule is Nc1ccc(C(=O)Oc2ccc(C=CC(=O)c3ccc(C(=O)O)cc3)cc2)cc1. The van der Waals surface area contributed by atoms with Gasteiger partial charge in [-0.2, -0.15) is 0 Å². The van der Waals surface area contributed by atoms with Gasteiger partial charge in [-0.15, -0.1) is 0 Å². The summed E-state index contributed by atoms with van der Waals surface area (Å²) in [4.78, 5) is 35.1. The predicted octanol–water partition coefficient (Wildman–Crippen LogP) is 4.08. The number of hydrogen-bond donors (Lipinski definition) is 2. The Morgan fingerprint density at radius 3 is 1.90 bits per heavy atom. The molecule has 0 aliphatic carbocycles. The number of carboxylic acid groups (broad SMARTS) is 1. The molecule has 0 aromatic heterocycles. The Morgan fingerprint density at radius 2 is 1.31 bits per heavy atom. The first kappa shape index (κ1) is 19.6. The van der Waals surface area contributed by atoms with Crippen LogP contribution in [0.1, 0.15) is 36.6 Å². The normalized spacial score (nSPS) is 10.6. The summed E-state index contributed by atoms with van der Waals surface area (Å²) in [6, 6.07) is 18.8. The summed E-state index contributed by atoms with van der Waals surface area (Å²) in [5.74, 6) is -1.41. The summed E-state index contributed by atoms with van der Waals surface area (Å²) in [5.41, 5.74) is 7.80. The molecule has 0 bridgehead atoms. The van der Waals surface area contributed by atoms with Crippen LogP contribution in [0.25, 0.3) is 6.08 Å². The van der Waals surface area contributed by atoms with E-state index in [-0.39, 0.29) is 11.3 Å². The smallest absolute Gasteiger partial charge is 0.343 e. The van der Waals surface area contributed by atoms with Gasteiger partial charge in [0.05, 0.1) is 11.1 Å². The molecule has 3 N–H and O–H groups in total. The van der Waals surface area contributed by atoms with Gasteiger partial charge in [0.25, 0.3) is 0 Å². The third-order valence-corrected chi connectivity index (χ3v) is 4.08. The number of allylic oxidation sites excluding steroid dienone is 1. The van der Waals surface area contributed by atoms with Gasteiger partial charge in [-0.05, 0) is 60.2 Å². The Kier molecular flexibility index (Phi) is 5.85. The van der Waals surface area contributed by atoms with Crippen LogP contribution in [-0.2, 0) is 0 Å². The van der Waals surface area contributed by atoms with E-state index in [0.717, 1.165) is 5.56 Å². The van der Waals surface area contributed by atoms with Gasteiger partial charge in [-0.25, -0.2) is 9.59 Å². The Labute approximate surface area is 166 Å². The molecule has 3 rings (SSSR count). The summed E-state index contributed by atoms with van der Waals surface area (Å²) >= 11 is 0. The largest absolute Gasteiger partial charge is 0.478 e. The number of anilines is 1. The number of nitrogen functional groups attached to an aromatic ring is 1. The molecule has 29 heavy (non-hydrogen) atoms. The van der Waals surface area contributed by atoms with Crippen LogP contribution in [0.3, 0.4) is 0 Å². The molecule has 0 aliphatic rings. The van der Waals surface area contributed by atoms with Gasteiger partial charge < -0.3 is 15.6 Å². The molecule has 0 radical (unpaired) electrons. The van der Waals surface area contributed by atoms with E-state index in [0.29, 0.717) is 22.6 Å². The van der Waals surface area contributed by atoms with Crippen LogP contribution in [0.4, 0.5) is 5.69 Å². The minimum Gasteiger partial charge on any atom is -0.478 e. The number of carbonyl (C=O) groups is 3. The van der Waals surface area contributed by atoms with Crippen molar-refractivity contribution in [1.29, 1.82) is 0 Å². The Hall–Kier alpha value is -4.19. The zero-order chi connectivity index (χ0) is 20.8. The van der Waals surface area contributed by atoms with E-state index in [9.17, 15) is 14.4 Å². The average molecular weight is 387 g/mol. The number of aromatic carboxylic acids is 1. The summed E-state index contributed by atoms with van der Waals surface area (Å²) < 4.78 is 5.30. The number of carbonyl (C=O) groups excluding carboxylic acids is 2. The molecular formula is C23H17NO5. The third-order valence-electron chi connectivity index (χ3n) is 4.08. The molecule has 0 saturated heterocycles. The van der Waals surface area contributed by atoms with Gasteiger partial charge >= 0.3 is 11.9 Å². The zero-order valence-corrected chi connectivity index (χ0v) is 15.2. The van der Waals surface area contributed by atoms with Crippen LogP contribution in [0, 0.1) is 0 Å². The lowest BCUT2D eigenvalue weighted by molar-refractivity contribution is 0.0694. The molecule has 0 atom stereocenters. The quantitative estimate of drug-likeness (QED) is 0.217. The molecule has 6 nitrogen and oxygen atoms in total. The lowest BCUT2D eigenvalue weighted by Crippen LogP contribution is -2.08. The van der Waals surface area contributed by atoms with Gasteiger partial charge in [-0.3, -0.25) is 4.79 Å². The summed E-state index contributed by atoms with van der Waals surface area (Å²) in [6.07, 6.45) is 3.02. The van der Waals surface area contributed by atoms with Gasteiger partial charge in [0.2, 0.25) is 0 Å². The number of ether oxygens (including phenoxy) is 1. The van der Waals surface area contributed by atoms with E-state index in [4.69, 9.17) is 15.6 Å². The maximum Gasteiger partial charge on any atom is 0.343 e. The van der Waals surface area contributed by atoms with E-state index in [2.05, 4.69) is 0 Å². The van der Waals surface area contributed by atoms with Crippen molar-refractivity contribution in [3.63, 3.8) is 0 Å². The van der Waals surface area contributed by atoms with Crippen molar-refractivity contribution in [2.75, 3.05) is 5.73 Å². The van der Waals surface area contributed by atoms with Gasteiger partial charge in [0.15, 0.2) is 5.78 Å². The van der Waals surface area contributed by atoms with Crippen LogP contribution in [-0.4, -0.2) is 22.8 Å². The van der Waals surface area contributed by atoms with E-state index >= 15 is 0 Å². The maximum absolute atomic E-state index is 12.2. The highest BCUT2D eigenvalue weighted by Gasteiger charge is 2.08. The van der Waals surface area contributed by atoms with Crippen LogP contribution < -0.4 is 10.5 Å². The monoisotopic (exact) mass is 387 g/mol. The standard InChI is InChI=1S/C23H17NO5/c24-19-10-8-18(9-11-19)23(28)29-20-12-1-15(2-13-20)3-14-21(25)16-4-6-17(7-5-16)22(26)27/h1-14H,24H2,(H,26,27). The molecule has 0 amide bonds. The van der Waals surface area contributed by atoms with Crippen molar-refractivity contribution in [1.82, 2.24) is 0 Å².